The van der Waals surface area contributed by atoms with Gasteiger partial charge < -0.3 is 15.0 Å². The van der Waals surface area contributed by atoms with E-state index in [4.69, 9.17) is 5.26 Å². The SMILES string of the molecule is COC(=O)N1CC[C@H](Nc2ccc(C#N)cc2F)C1. The summed E-state index contributed by atoms with van der Waals surface area (Å²) >= 11 is 0. The number of carbonyl (C=O) groups excluding carboxylic acids is 1. The molecule has 1 N–H and O–H groups in total. The molecule has 1 fully saturated rings. The summed E-state index contributed by atoms with van der Waals surface area (Å²) < 4.78 is 18.3. The summed E-state index contributed by atoms with van der Waals surface area (Å²) in [5.74, 6) is -0.462. The minimum absolute atomic E-state index is 0.0125. The standard InChI is InChI=1S/C13H14FN3O2/c1-19-13(18)17-5-4-10(8-17)16-12-3-2-9(7-15)6-11(12)14/h2-3,6,10,16H,4-5,8H2,1H3/t10-/m0/s1. The molecule has 2 rings (SSSR count). The van der Waals surface area contributed by atoms with E-state index in [-0.39, 0.29) is 17.7 Å². The molecule has 1 aromatic carbocycles. The van der Waals surface area contributed by atoms with Crippen molar-refractivity contribution in [2.24, 2.45) is 0 Å². The molecular formula is C13H14FN3O2. The monoisotopic (exact) mass is 263 g/mol. The molecule has 0 aromatic heterocycles. The number of anilines is 1. The molecule has 5 nitrogen and oxygen atoms in total. The van der Waals surface area contributed by atoms with Crippen LogP contribution in [0.25, 0.3) is 0 Å². The van der Waals surface area contributed by atoms with Gasteiger partial charge in [-0.3, -0.25) is 0 Å². The molecule has 100 valence electrons. The van der Waals surface area contributed by atoms with Gasteiger partial charge in [0.1, 0.15) is 5.82 Å². The number of carbonyl (C=O) groups is 1. The first-order chi connectivity index (χ1) is 9.13. The maximum atomic E-state index is 13.7. The fourth-order valence-corrected chi connectivity index (χ4v) is 2.09. The molecular weight excluding hydrogens is 249 g/mol. The minimum atomic E-state index is -0.462. The van der Waals surface area contributed by atoms with Crippen LogP contribution in [-0.2, 0) is 4.74 Å². The van der Waals surface area contributed by atoms with Crippen molar-refractivity contribution in [2.75, 3.05) is 25.5 Å². The van der Waals surface area contributed by atoms with E-state index < -0.39 is 5.82 Å². The number of nitrogens with one attached hydrogen (secondary N) is 1. The molecule has 0 unspecified atom stereocenters. The van der Waals surface area contributed by atoms with E-state index in [1.54, 1.807) is 11.0 Å². The highest BCUT2D eigenvalue weighted by Gasteiger charge is 2.27. The van der Waals surface area contributed by atoms with E-state index in [0.29, 0.717) is 18.8 Å². The Kier molecular flexibility index (Phi) is 3.85. The Morgan fingerprint density at radius 2 is 2.42 bits per heavy atom. The molecule has 0 spiro atoms. The molecule has 1 aromatic rings. The molecule has 6 heteroatoms. The van der Waals surface area contributed by atoms with Gasteiger partial charge in [-0.25, -0.2) is 9.18 Å². The first-order valence-corrected chi connectivity index (χ1v) is 5.93. The number of amides is 1. The Balaban J connectivity index is 2.00. The van der Waals surface area contributed by atoms with Crippen molar-refractivity contribution in [2.45, 2.75) is 12.5 Å². The topological polar surface area (TPSA) is 65.4 Å². The first-order valence-electron chi connectivity index (χ1n) is 5.93. The first kappa shape index (κ1) is 13.1. The summed E-state index contributed by atoms with van der Waals surface area (Å²) in [6.45, 7) is 1.06. The van der Waals surface area contributed by atoms with Crippen molar-refractivity contribution in [3.05, 3.63) is 29.6 Å². The van der Waals surface area contributed by atoms with Crippen molar-refractivity contribution >= 4 is 11.8 Å². The van der Waals surface area contributed by atoms with Crippen LogP contribution in [0.3, 0.4) is 0 Å². The molecule has 1 heterocycles. The van der Waals surface area contributed by atoms with Crippen LogP contribution in [0.2, 0.25) is 0 Å². The molecule has 1 saturated heterocycles. The lowest BCUT2D eigenvalue weighted by molar-refractivity contribution is 0.133. The Bertz CT molecular complexity index is 527. The number of likely N-dealkylation sites (tertiary alicyclic amines) is 1. The second-order valence-corrected chi connectivity index (χ2v) is 4.35. The summed E-state index contributed by atoms with van der Waals surface area (Å²) in [7, 11) is 1.34. The van der Waals surface area contributed by atoms with Gasteiger partial charge >= 0.3 is 6.09 Å². The van der Waals surface area contributed by atoms with Crippen LogP contribution < -0.4 is 5.32 Å². The van der Waals surface area contributed by atoms with Crippen molar-refractivity contribution < 1.29 is 13.9 Å². The van der Waals surface area contributed by atoms with Crippen molar-refractivity contribution in [1.29, 1.82) is 5.26 Å². The Morgan fingerprint density at radius 3 is 3.05 bits per heavy atom. The molecule has 0 radical (unpaired) electrons. The second-order valence-electron chi connectivity index (χ2n) is 4.35. The highest BCUT2D eigenvalue weighted by molar-refractivity contribution is 5.68. The highest BCUT2D eigenvalue weighted by atomic mass is 19.1. The van der Waals surface area contributed by atoms with E-state index in [1.165, 1.54) is 19.2 Å². The highest BCUT2D eigenvalue weighted by Crippen LogP contribution is 2.20. The fraction of sp³-hybridized carbons (Fsp3) is 0.385. The minimum Gasteiger partial charge on any atom is -0.453 e. The quantitative estimate of drug-likeness (QED) is 0.885. The number of nitriles is 1. The van der Waals surface area contributed by atoms with Crippen LogP contribution >= 0.6 is 0 Å². The second kappa shape index (κ2) is 5.57. The normalized spacial score (nSPS) is 17.9. The van der Waals surface area contributed by atoms with Gasteiger partial charge in [0.15, 0.2) is 0 Å². The number of benzene rings is 1. The number of halogens is 1. The largest absolute Gasteiger partial charge is 0.453 e. The summed E-state index contributed by atoms with van der Waals surface area (Å²) in [5.41, 5.74) is 0.626. The van der Waals surface area contributed by atoms with E-state index in [2.05, 4.69) is 10.1 Å². The van der Waals surface area contributed by atoms with Gasteiger partial charge in [0.25, 0.3) is 0 Å². The van der Waals surface area contributed by atoms with Crippen LogP contribution in [0.4, 0.5) is 14.9 Å². The third-order valence-corrected chi connectivity index (χ3v) is 3.08. The number of hydrogen-bond acceptors (Lipinski definition) is 4. The van der Waals surface area contributed by atoms with E-state index in [0.717, 1.165) is 6.42 Å². The number of hydrogen-bond donors (Lipinski definition) is 1. The van der Waals surface area contributed by atoms with Crippen LogP contribution in [0.5, 0.6) is 0 Å². The van der Waals surface area contributed by atoms with E-state index in [1.807, 2.05) is 6.07 Å². The summed E-state index contributed by atoms with van der Waals surface area (Å²) in [4.78, 5) is 12.9. The lowest BCUT2D eigenvalue weighted by Gasteiger charge is -2.16. The predicted octanol–water partition coefficient (Wildman–Crippen LogP) is 1.95. The molecule has 0 saturated carbocycles. The molecule has 1 aliphatic rings. The third kappa shape index (κ3) is 2.94. The maximum absolute atomic E-state index is 13.7. The predicted molar refractivity (Wildman–Crippen MR) is 67.1 cm³/mol. The zero-order chi connectivity index (χ0) is 13.8. The van der Waals surface area contributed by atoms with Gasteiger partial charge in [-0.15, -0.1) is 0 Å². The van der Waals surface area contributed by atoms with E-state index >= 15 is 0 Å². The molecule has 1 amide bonds. The number of ether oxygens (including phenoxy) is 1. The molecule has 0 bridgehead atoms. The lowest BCUT2D eigenvalue weighted by atomic mass is 10.2. The smallest absolute Gasteiger partial charge is 0.409 e. The summed E-state index contributed by atoms with van der Waals surface area (Å²) in [6.07, 6.45) is 0.360. The van der Waals surface area contributed by atoms with Gasteiger partial charge in [-0.1, -0.05) is 0 Å². The molecule has 1 atom stereocenters. The van der Waals surface area contributed by atoms with Gasteiger partial charge in [0.2, 0.25) is 0 Å². The number of nitrogens with zero attached hydrogens (tertiary/aromatic N) is 2. The Hall–Kier alpha value is -2.29. The number of methoxy groups -OCH3 is 1. The van der Waals surface area contributed by atoms with Gasteiger partial charge in [-0.05, 0) is 24.6 Å². The number of rotatable bonds is 2. The van der Waals surface area contributed by atoms with Gasteiger partial charge in [0.05, 0.1) is 24.4 Å². The van der Waals surface area contributed by atoms with Crippen LogP contribution in [0, 0.1) is 17.1 Å². The average Bonchev–Trinajstić information content (AvgIpc) is 2.88. The summed E-state index contributed by atoms with van der Waals surface area (Å²) in [6, 6.07) is 6.15. The Morgan fingerprint density at radius 1 is 1.63 bits per heavy atom. The van der Waals surface area contributed by atoms with Crippen molar-refractivity contribution in [3.8, 4) is 6.07 Å². The van der Waals surface area contributed by atoms with Gasteiger partial charge in [0, 0.05) is 19.1 Å². The molecule has 19 heavy (non-hydrogen) atoms. The maximum Gasteiger partial charge on any atom is 0.409 e. The molecule has 1 aliphatic heterocycles. The third-order valence-electron chi connectivity index (χ3n) is 3.08. The van der Waals surface area contributed by atoms with Crippen LogP contribution in [0.1, 0.15) is 12.0 Å². The fourth-order valence-electron chi connectivity index (χ4n) is 2.09. The van der Waals surface area contributed by atoms with Gasteiger partial charge in [-0.2, -0.15) is 5.26 Å². The zero-order valence-corrected chi connectivity index (χ0v) is 10.5. The zero-order valence-electron chi connectivity index (χ0n) is 10.5. The Labute approximate surface area is 110 Å². The van der Waals surface area contributed by atoms with Crippen LogP contribution in [-0.4, -0.2) is 37.2 Å². The molecule has 0 aliphatic carbocycles. The lowest BCUT2D eigenvalue weighted by Crippen LogP contribution is -2.31. The van der Waals surface area contributed by atoms with Crippen molar-refractivity contribution in [3.63, 3.8) is 0 Å². The average molecular weight is 263 g/mol. The van der Waals surface area contributed by atoms with Crippen LogP contribution in [0.15, 0.2) is 18.2 Å². The van der Waals surface area contributed by atoms with E-state index in [9.17, 15) is 9.18 Å². The summed E-state index contributed by atoms with van der Waals surface area (Å²) in [5, 5.41) is 11.7. The van der Waals surface area contributed by atoms with Crippen molar-refractivity contribution in [1.82, 2.24) is 4.90 Å².